The van der Waals surface area contributed by atoms with Gasteiger partial charge in [0.2, 0.25) is 15.9 Å². The SMILES string of the molecule is CCCNS(=O)(=O)c1ccc(CCC(=O)N[C@H](C)c2ccc(F)cc2)cc1. The first-order valence-corrected chi connectivity index (χ1v) is 10.4. The van der Waals surface area contributed by atoms with Gasteiger partial charge in [0.25, 0.3) is 0 Å². The third-order valence-electron chi connectivity index (χ3n) is 4.16. The second-order valence-corrected chi connectivity index (χ2v) is 8.15. The summed E-state index contributed by atoms with van der Waals surface area (Å²) in [6, 6.07) is 12.3. The number of sulfonamides is 1. The van der Waals surface area contributed by atoms with Crippen LogP contribution >= 0.6 is 0 Å². The van der Waals surface area contributed by atoms with Crippen molar-refractivity contribution < 1.29 is 17.6 Å². The summed E-state index contributed by atoms with van der Waals surface area (Å²) < 4.78 is 39.6. The van der Waals surface area contributed by atoms with Crippen molar-refractivity contribution >= 4 is 15.9 Å². The summed E-state index contributed by atoms with van der Waals surface area (Å²) in [5.41, 5.74) is 1.72. The molecular weight excluding hydrogens is 367 g/mol. The maximum atomic E-state index is 13.0. The Morgan fingerprint density at radius 3 is 2.30 bits per heavy atom. The fourth-order valence-electron chi connectivity index (χ4n) is 2.56. The van der Waals surface area contributed by atoms with Crippen molar-refractivity contribution in [3.05, 3.63) is 65.5 Å². The predicted octanol–water partition coefficient (Wildman–Crippen LogP) is 3.32. The smallest absolute Gasteiger partial charge is 0.240 e. The van der Waals surface area contributed by atoms with E-state index in [1.165, 1.54) is 12.1 Å². The minimum absolute atomic E-state index is 0.117. The Morgan fingerprint density at radius 1 is 1.07 bits per heavy atom. The zero-order chi connectivity index (χ0) is 19.9. The predicted molar refractivity (Wildman–Crippen MR) is 103 cm³/mol. The lowest BCUT2D eigenvalue weighted by molar-refractivity contribution is -0.121. The van der Waals surface area contributed by atoms with Gasteiger partial charge in [-0.15, -0.1) is 0 Å². The van der Waals surface area contributed by atoms with Crippen LogP contribution in [0.5, 0.6) is 0 Å². The van der Waals surface area contributed by atoms with Crippen molar-refractivity contribution in [2.24, 2.45) is 0 Å². The Balaban J connectivity index is 1.87. The van der Waals surface area contributed by atoms with Crippen molar-refractivity contribution in [3.8, 4) is 0 Å². The average molecular weight is 392 g/mol. The zero-order valence-corrected chi connectivity index (χ0v) is 16.4. The molecule has 7 heteroatoms. The fourth-order valence-corrected chi connectivity index (χ4v) is 3.70. The first-order valence-electron chi connectivity index (χ1n) is 8.95. The topological polar surface area (TPSA) is 75.3 Å². The molecular formula is C20H25FN2O3S. The van der Waals surface area contributed by atoms with Gasteiger partial charge in [-0.3, -0.25) is 4.79 Å². The molecule has 2 rings (SSSR count). The van der Waals surface area contributed by atoms with Crippen LogP contribution in [0.4, 0.5) is 4.39 Å². The molecule has 0 bridgehead atoms. The molecule has 1 atom stereocenters. The Labute approximate surface area is 160 Å². The maximum Gasteiger partial charge on any atom is 0.240 e. The summed E-state index contributed by atoms with van der Waals surface area (Å²) >= 11 is 0. The Morgan fingerprint density at radius 2 is 1.70 bits per heavy atom. The summed E-state index contributed by atoms with van der Waals surface area (Å²) in [4.78, 5) is 12.3. The number of nitrogens with one attached hydrogen (secondary N) is 2. The van der Waals surface area contributed by atoms with Crippen LogP contribution in [0.1, 0.15) is 43.9 Å². The number of rotatable bonds is 9. The van der Waals surface area contributed by atoms with Crippen molar-refractivity contribution in [1.29, 1.82) is 0 Å². The minimum Gasteiger partial charge on any atom is -0.350 e. The third-order valence-corrected chi connectivity index (χ3v) is 5.64. The first-order chi connectivity index (χ1) is 12.8. The highest BCUT2D eigenvalue weighted by atomic mass is 32.2. The monoisotopic (exact) mass is 392 g/mol. The fraction of sp³-hybridized carbons (Fsp3) is 0.350. The van der Waals surface area contributed by atoms with Gasteiger partial charge >= 0.3 is 0 Å². The van der Waals surface area contributed by atoms with Crippen LogP contribution in [0, 0.1) is 5.82 Å². The molecule has 0 aliphatic heterocycles. The highest BCUT2D eigenvalue weighted by Gasteiger charge is 2.13. The van der Waals surface area contributed by atoms with Crippen molar-refractivity contribution in [2.45, 2.75) is 44.0 Å². The largest absolute Gasteiger partial charge is 0.350 e. The number of carbonyl (C=O) groups excluding carboxylic acids is 1. The van der Waals surface area contributed by atoms with Crippen molar-refractivity contribution in [3.63, 3.8) is 0 Å². The maximum absolute atomic E-state index is 13.0. The molecule has 0 fully saturated rings. The van der Waals surface area contributed by atoms with Gasteiger partial charge in [0.1, 0.15) is 5.82 Å². The minimum atomic E-state index is -3.48. The number of amides is 1. The number of aryl methyl sites for hydroxylation is 1. The van der Waals surface area contributed by atoms with E-state index in [-0.39, 0.29) is 29.1 Å². The molecule has 0 aromatic heterocycles. The number of hydrogen-bond donors (Lipinski definition) is 2. The molecule has 27 heavy (non-hydrogen) atoms. The van der Waals surface area contributed by atoms with Crippen LogP contribution < -0.4 is 10.0 Å². The summed E-state index contributed by atoms with van der Waals surface area (Å²) in [5.74, 6) is -0.430. The number of halogens is 1. The van der Waals surface area contributed by atoms with E-state index in [2.05, 4.69) is 10.0 Å². The zero-order valence-electron chi connectivity index (χ0n) is 15.5. The quantitative estimate of drug-likeness (QED) is 0.687. The summed E-state index contributed by atoms with van der Waals surface area (Å²) in [7, 11) is -3.48. The van der Waals surface area contributed by atoms with Crippen LogP contribution in [0.25, 0.3) is 0 Å². The van der Waals surface area contributed by atoms with Crippen LogP contribution in [-0.2, 0) is 21.2 Å². The van der Waals surface area contributed by atoms with Gasteiger partial charge in [0.05, 0.1) is 10.9 Å². The summed E-state index contributed by atoms with van der Waals surface area (Å²) in [6.07, 6.45) is 1.51. The van der Waals surface area contributed by atoms with E-state index in [0.29, 0.717) is 13.0 Å². The van der Waals surface area contributed by atoms with Crippen LogP contribution in [-0.4, -0.2) is 20.9 Å². The summed E-state index contributed by atoms with van der Waals surface area (Å²) in [5, 5.41) is 2.88. The molecule has 2 aromatic carbocycles. The molecule has 0 radical (unpaired) electrons. The molecule has 0 saturated heterocycles. The van der Waals surface area contributed by atoms with Gasteiger partial charge < -0.3 is 5.32 Å². The lowest BCUT2D eigenvalue weighted by Gasteiger charge is -2.14. The Hall–Kier alpha value is -2.25. The van der Waals surface area contributed by atoms with E-state index in [4.69, 9.17) is 0 Å². The average Bonchev–Trinajstić information content (AvgIpc) is 2.65. The summed E-state index contributed by atoms with van der Waals surface area (Å²) in [6.45, 7) is 4.14. The highest BCUT2D eigenvalue weighted by molar-refractivity contribution is 7.89. The molecule has 2 N–H and O–H groups in total. The lowest BCUT2D eigenvalue weighted by Crippen LogP contribution is -2.26. The Bertz CT molecular complexity index is 850. The molecule has 5 nitrogen and oxygen atoms in total. The number of carbonyl (C=O) groups is 1. The van der Waals surface area contributed by atoms with Gasteiger partial charge in [0, 0.05) is 13.0 Å². The van der Waals surface area contributed by atoms with Gasteiger partial charge in [-0.1, -0.05) is 31.2 Å². The second-order valence-electron chi connectivity index (χ2n) is 6.38. The van der Waals surface area contributed by atoms with E-state index in [1.54, 1.807) is 36.4 Å². The molecule has 0 heterocycles. The number of benzene rings is 2. The molecule has 0 spiro atoms. The van der Waals surface area contributed by atoms with Gasteiger partial charge in [0.15, 0.2) is 0 Å². The molecule has 146 valence electrons. The number of hydrogen-bond acceptors (Lipinski definition) is 3. The van der Waals surface area contributed by atoms with Crippen LogP contribution in [0.3, 0.4) is 0 Å². The standard InChI is InChI=1S/C20H25FN2O3S/c1-3-14-22-27(25,26)19-11-4-16(5-12-19)6-13-20(24)23-15(2)17-7-9-18(21)10-8-17/h4-5,7-12,15,22H,3,6,13-14H2,1-2H3,(H,23,24)/t15-/m1/s1. The van der Waals surface area contributed by atoms with E-state index in [1.807, 2.05) is 13.8 Å². The second kappa shape index (κ2) is 9.62. The van der Waals surface area contributed by atoms with E-state index in [0.717, 1.165) is 17.5 Å². The van der Waals surface area contributed by atoms with Gasteiger partial charge in [-0.25, -0.2) is 17.5 Å². The third kappa shape index (κ3) is 6.45. The molecule has 0 aliphatic carbocycles. The van der Waals surface area contributed by atoms with E-state index in [9.17, 15) is 17.6 Å². The van der Waals surface area contributed by atoms with Crippen molar-refractivity contribution in [2.75, 3.05) is 6.54 Å². The van der Waals surface area contributed by atoms with Gasteiger partial charge in [-0.2, -0.15) is 0 Å². The molecule has 1 amide bonds. The molecule has 2 aromatic rings. The normalized spacial score (nSPS) is 12.6. The van der Waals surface area contributed by atoms with Crippen LogP contribution in [0.15, 0.2) is 53.4 Å². The first kappa shape index (κ1) is 21.1. The molecule has 0 aliphatic rings. The Kier molecular flexibility index (Phi) is 7.50. The van der Waals surface area contributed by atoms with Crippen LogP contribution in [0.2, 0.25) is 0 Å². The molecule has 0 saturated carbocycles. The molecule has 0 unspecified atom stereocenters. The van der Waals surface area contributed by atoms with E-state index < -0.39 is 10.0 Å². The van der Waals surface area contributed by atoms with Gasteiger partial charge in [-0.05, 0) is 55.2 Å². The highest BCUT2D eigenvalue weighted by Crippen LogP contribution is 2.14. The van der Waals surface area contributed by atoms with E-state index >= 15 is 0 Å². The lowest BCUT2D eigenvalue weighted by atomic mass is 10.1. The van der Waals surface area contributed by atoms with Crippen molar-refractivity contribution in [1.82, 2.24) is 10.0 Å².